The maximum Gasteiger partial charge on any atom is 0.121 e. The molecule has 3 nitrogen and oxygen atoms in total. The molecule has 5 heteroatoms. The van der Waals surface area contributed by atoms with Crippen molar-refractivity contribution in [2.45, 2.75) is 0 Å². The van der Waals surface area contributed by atoms with Crippen LogP contribution >= 0.6 is 23.1 Å². The highest BCUT2D eigenvalue weighted by Gasteiger charge is 2.16. The molecule has 0 saturated heterocycles. The number of fused-ring (bicyclic) bond motifs is 2. The number of aliphatic imine (C=N–C) groups is 1. The molecule has 0 spiro atoms. The first-order valence-electron chi connectivity index (χ1n) is 5.46. The lowest BCUT2D eigenvalue weighted by Gasteiger charge is -2.08. The van der Waals surface area contributed by atoms with Crippen LogP contribution in [0.1, 0.15) is 5.56 Å². The second-order valence-corrected chi connectivity index (χ2v) is 5.37. The van der Waals surface area contributed by atoms with Crippen LogP contribution in [0.25, 0.3) is 0 Å². The van der Waals surface area contributed by atoms with Crippen LogP contribution in [0.2, 0.25) is 0 Å². The van der Waals surface area contributed by atoms with Crippen molar-refractivity contribution >= 4 is 45.2 Å². The molecule has 0 fully saturated rings. The number of thioether (sulfide) groups is 1. The molecule has 1 aromatic carbocycles. The van der Waals surface area contributed by atoms with E-state index >= 15 is 0 Å². The van der Waals surface area contributed by atoms with E-state index in [0.29, 0.717) is 0 Å². The third kappa shape index (κ3) is 1.89. The van der Waals surface area contributed by atoms with Gasteiger partial charge in [0.05, 0.1) is 24.2 Å². The van der Waals surface area contributed by atoms with E-state index in [2.05, 4.69) is 22.3 Å². The molecule has 0 atom stereocenters. The van der Waals surface area contributed by atoms with E-state index in [9.17, 15) is 0 Å². The maximum absolute atomic E-state index is 5.25. The molecule has 0 unspecified atom stereocenters. The Morgan fingerprint density at radius 1 is 1.28 bits per heavy atom. The van der Waals surface area contributed by atoms with Crippen molar-refractivity contribution in [2.24, 2.45) is 4.99 Å². The molecule has 2 heterocycles. The first-order valence-corrected chi connectivity index (χ1v) is 7.63. The number of methoxy groups -OCH3 is 1. The lowest BCUT2D eigenvalue weighted by atomic mass is 10.2. The summed E-state index contributed by atoms with van der Waals surface area (Å²) in [7, 11) is 1.67. The summed E-state index contributed by atoms with van der Waals surface area (Å²) in [5, 5.41) is 8.70. The summed E-state index contributed by atoms with van der Waals surface area (Å²) >= 11 is 3.35. The molecule has 3 rings (SSSR count). The average molecular weight is 276 g/mol. The highest BCUT2D eigenvalue weighted by Crippen LogP contribution is 2.39. The minimum Gasteiger partial charge on any atom is -0.497 e. The van der Waals surface area contributed by atoms with Gasteiger partial charge in [0.2, 0.25) is 0 Å². The number of hydrogen-bond acceptors (Lipinski definition) is 5. The first kappa shape index (κ1) is 11.6. The number of nitrogens with zero attached hydrogens (tertiary/aromatic N) is 1. The van der Waals surface area contributed by atoms with Gasteiger partial charge in [-0.2, -0.15) is 0 Å². The summed E-state index contributed by atoms with van der Waals surface area (Å²) in [6, 6.07) is 5.89. The van der Waals surface area contributed by atoms with E-state index in [4.69, 9.17) is 9.73 Å². The second kappa shape index (κ2) is 4.66. The molecule has 1 aromatic heterocycles. The molecule has 1 aliphatic heterocycles. The molecule has 0 aliphatic carbocycles. The summed E-state index contributed by atoms with van der Waals surface area (Å²) in [5.41, 5.74) is 4.21. The Morgan fingerprint density at radius 3 is 2.94 bits per heavy atom. The van der Waals surface area contributed by atoms with Gasteiger partial charge >= 0.3 is 0 Å². The Balaban J connectivity index is 2.17. The van der Waals surface area contributed by atoms with Crippen molar-refractivity contribution in [1.82, 2.24) is 0 Å². The quantitative estimate of drug-likeness (QED) is 0.845. The van der Waals surface area contributed by atoms with Crippen LogP contribution in [-0.2, 0) is 0 Å². The van der Waals surface area contributed by atoms with Gasteiger partial charge in [0.1, 0.15) is 10.8 Å². The smallest absolute Gasteiger partial charge is 0.121 e. The fraction of sp³-hybridized carbons (Fsp3) is 0.154. The second-order valence-electron chi connectivity index (χ2n) is 3.83. The largest absolute Gasteiger partial charge is 0.497 e. The Bertz CT molecular complexity index is 619. The Morgan fingerprint density at radius 2 is 2.17 bits per heavy atom. The number of ether oxygens (including phenoxy) is 1. The predicted octanol–water partition coefficient (Wildman–Crippen LogP) is 4.26. The van der Waals surface area contributed by atoms with E-state index < -0.39 is 0 Å². The average Bonchev–Trinajstić information content (AvgIpc) is 2.79. The fourth-order valence-corrected chi connectivity index (χ4v) is 3.29. The lowest BCUT2D eigenvalue weighted by molar-refractivity contribution is 0.415. The van der Waals surface area contributed by atoms with Crippen molar-refractivity contribution in [3.8, 4) is 5.75 Å². The molecule has 0 amide bonds. The van der Waals surface area contributed by atoms with Crippen LogP contribution in [0.3, 0.4) is 0 Å². The summed E-state index contributed by atoms with van der Waals surface area (Å²) in [6.45, 7) is 0. The SMILES string of the molecule is COc1ccc2c(c1)Nc1cscc1C(SC)=N2. The highest BCUT2D eigenvalue weighted by molar-refractivity contribution is 8.13. The van der Waals surface area contributed by atoms with Gasteiger partial charge in [0.25, 0.3) is 0 Å². The van der Waals surface area contributed by atoms with Gasteiger partial charge in [-0.25, -0.2) is 4.99 Å². The molecule has 92 valence electrons. The maximum atomic E-state index is 5.25. The predicted molar refractivity (Wildman–Crippen MR) is 80.3 cm³/mol. The zero-order valence-corrected chi connectivity index (χ0v) is 11.7. The van der Waals surface area contributed by atoms with E-state index in [-0.39, 0.29) is 0 Å². The van der Waals surface area contributed by atoms with Crippen LogP contribution in [0, 0.1) is 0 Å². The van der Waals surface area contributed by atoms with Gasteiger partial charge in [0, 0.05) is 22.4 Å². The number of thiophene rings is 1. The molecule has 1 aliphatic rings. The minimum absolute atomic E-state index is 0.834. The zero-order chi connectivity index (χ0) is 12.5. The summed E-state index contributed by atoms with van der Waals surface area (Å²) in [6.07, 6.45) is 2.05. The van der Waals surface area contributed by atoms with Gasteiger partial charge in [-0.1, -0.05) is 0 Å². The standard InChI is InChI=1S/C13H12N2OS2/c1-16-8-3-4-10-11(5-8)14-12-7-18-6-9(12)13(15-10)17-2/h3-7,14H,1-2H3. The first-order chi connectivity index (χ1) is 8.81. The molecule has 1 N–H and O–H groups in total. The molecular weight excluding hydrogens is 264 g/mol. The van der Waals surface area contributed by atoms with Gasteiger partial charge in [-0.3, -0.25) is 0 Å². The van der Waals surface area contributed by atoms with Crippen molar-refractivity contribution in [1.29, 1.82) is 0 Å². The number of rotatable bonds is 1. The van der Waals surface area contributed by atoms with Gasteiger partial charge in [0.15, 0.2) is 0 Å². The van der Waals surface area contributed by atoms with Crippen LogP contribution < -0.4 is 10.1 Å². The monoisotopic (exact) mass is 276 g/mol. The topological polar surface area (TPSA) is 33.6 Å². The van der Waals surface area contributed by atoms with E-state index in [0.717, 1.165) is 27.9 Å². The van der Waals surface area contributed by atoms with Crippen molar-refractivity contribution in [2.75, 3.05) is 18.7 Å². The van der Waals surface area contributed by atoms with Crippen LogP contribution in [-0.4, -0.2) is 18.4 Å². The third-order valence-electron chi connectivity index (χ3n) is 2.78. The van der Waals surface area contributed by atoms with E-state index in [1.165, 1.54) is 5.56 Å². The summed E-state index contributed by atoms with van der Waals surface area (Å²) in [4.78, 5) is 4.71. The Hall–Kier alpha value is -1.46. The molecule has 18 heavy (non-hydrogen) atoms. The molecular formula is C13H12N2OS2. The molecule has 0 radical (unpaired) electrons. The van der Waals surface area contributed by atoms with Gasteiger partial charge < -0.3 is 10.1 Å². The normalized spacial score (nSPS) is 12.9. The summed E-state index contributed by atoms with van der Waals surface area (Å²) < 4.78 is 5.25. The van der Waals surface area contributed by atoms with Gasteiger partial charge in [-0.05, 0) is 18.4 Å². The van der Waals surface area contributed by atoms with Crippen LogP contribution in [0.5, 0.6) is 5.75 Å². The zero-order valence-electron chi connectivity index (χ0n) is 10.1. The number of nitrogens with one attached hydrogen (secondary N) is 1. The summed E-state index contributed by atoms with van der Waals surface area (Å²) in [5.74, 6) is 0.834. The van der Waals surface area contributed by atoms with Crippen LogP contribution in [0.4, 0.5) is 17.1 Å². The Labute approximate surface area is 114 Å². The minimum atomic E-state index is 0.834. The molecule has 0 saturated carbocycles. The van der Waals surface area contributed by atoms with Crippen molar-refractivity contribution < 1.29 is 4.74 Å². The number of benzene rings is 1. The molecule has 0 bridgehead atoms. The Kier molecular flexibility index (Phi) is 3.01. The van der Waals surface area contributed by atoms with Gasteiger partial charge in [-0.15, -0.1) is 23.1 Å². The highest BCUT2D eigenvalue weighted by atomic mass is 32.2. The molecule has 2 aromatic rings. The fourth-order valence-electron chi connectivity index (χ4n) is 1.87. The van der Waals surface area contributed by atoms with Crippen LogP contribution in [0.15, 0.2) is 34.0 Å². The number of anilines is 2. The lowest BCUT2D eigenvalue weighted by Crippen LogP contribution is -1.94. The van der Waals surface area contributed by atoms with E-state index in [1.807, 2.05) is 18.2 Å². The van der Waals surface area contributed by atoms with Crippen molar-refractivity contribution in [3.05, 3.63) is 34.5 Å². The van der Waals surface area contributed by atoms with E-state index in [1.54, 1.807) is 30.2 Å². The number of hydrogen-bond donors (Lipinski definition) is 1. The van der Waals surface area contributed by atoms with Crippen molar-refractivity contribution in [3.63, 3.8) is 0 Å². The third-order valence-corrected chi connectivity index (χ3v) is 4.22.